The Bertz CT molecular complexity index is 469. The van der Waals surface area contributed by atoms with Crippen molar-refractivity contribution in [1.29, 1.82) is 0 Å². The van der Waals surface area contributed by atoms with E-state index >= 15 is 0 Å². The third kappa shape index (κ3) is 3.50. The first-order valence-corrected chi connectivity index (χ1v) is 6.12. The van der Waals surface area contributed by atoms with E-state index in [2.05, 4.69) is 15.9 Å². The molecule has 1 unspecified atom stereocenters. The molecule has 0 amide bonds. The first-order chi connectivity index (χ1) is 8.36. The Hall–Kier alpha value is -1.49. The van der Waals surface area contributed by atoms with Crippen LogP contribution in [0.3, 0.4) is 0 Å². The molecule has 1 aromatic carbocycles. The zero-order valence-corrected chi connectivity index (χ0v) is 11.7. The molecule has 0 aliphatic rings. The summed E-state index contributed by atoms with van der Waals surface area (Å²) in [5.41, 5.74) is 0.509. The summed E-state index contributed by atoms with van der Waals surface area (Å²) in [6.07, 6.45) is -0.354. The van der Waals surface area contributed by atoms with Crippen molar-refractivity contribution < 1.29 is 19.1 Å². The van der Waals surface area contributed by atoms with Gasteiger partial charge in [0.15, 0.2) is 5.78 Å². The average molecular weight is 313 g/mol. The number of esters is 1. The molecule has 1 rings (SSSR count). The number of ketones is 2. The maximum absolute atomic E-state index is 11.7. The minimum Gasteiger partial charge on any atom is -0.435 e. The van der Waals surface area contributed by atoms with Crippen molar-refractivity contribution in [1.82, 2.24) is 0 Å². The van der Waals surface area contributed by atoms with Crippen LogP contribution in [0.5, 0.6) is 0 Å². The quantitative estimate of drug-likeness (QED) is 0.475. The Balaban J connectivity index is 2.99. The van der Waals surface area contributed by atoms with Gasteiger partial charge in [-0.05, 0) is 29.8 Å². The molecule has 96 valence electrons. The molecule has 18 heavy (non-hydrogen) atoms. The van der Waals surface area contributed by atoms with Crippen LogP contribution in [0.15, 0.2) is 30.3 Å². The molecular formula is C13H13BrO4. The third-order valence-corrected chi connectivity index (χ3v) is 3.42. The van der Waals surface area contributed by atoms with Gasteiger partial charge < -0.3 is 4.74 Å². The van der Waals surface area contributed by atoms with Crippen molar-refractivity contribution in [2.75, 3.05) is 0 Å². The second-order valence-corrected chi connectivity index (χ2v) is 4.99. The normalized spacial score (nSPS) is 13.5. The highest BCUT2D eigenvalue weighted by atomic mass is 79.9. The fourth-order valence-electron chi connectivity index (χ4n) is 1.38. The Morgan fingerprint density at radius 1 is 1.17 bits per heavy atom. The van der Waals surface area contributed by atoms with Crippen LogP contribution in [0.1, 0.15) is 25.8 Å². The number of benzene rings is 1. The number of Topliss-reactive ketones (excluding diaryl/α,β-unsaturated/α-hetero) is 2. The molecule has 0 bridgehead atoms. The highest BCUT2D eigenvalue weighted by Crippen LogP contribution is 2.34. The summed E-state index contributed by atoms with van der Waals surface area (Å²) in [4.78, 5) is 34.0. The summed E-state index contributed by atoms with van der Waals surface area (Å²) >= 11 is 3.14. The van der Waals surface area contributed by atoms with Gasteiger partial charge in [0, 0.05) is 5.56 Å². The smallest absolute Gasteiger partial charge is 0.315 e. The largest absolute Gasteiger partial charge is 0.435 e. The van der Waals surface area contributed by atoms with Gasteiger partial charge in [0.05, 0.1) is 0 Å². The Morgan fingerprint density at radius 2 is 1.72 bits per heavy atom. The molecule has 5 heteroatoms. The van der Waals surface area contributed by atoms with Crippen molar-refractivity contribution in [3.63, 3.8) is 0 Å². The van der Waals surface area contributed by atoms with Crippen molar-refractivity contribution in [2.24, 2.45) is 0 Å². The van der Waals surface area contributed by atoms with Crippen molar-refractivity contribution in [3.05, 3.63) is 35.9 Å². The number of ether oxygens (including phenoxy) is 1. The van der Waals surface area contributed by atoms with Gasteiger partial charge in [0.25, 0.3) is 0 Å². The highest BCUT2D eigenvalue weighted by Gasteiger charge is 2.38. The van der Waals surface area contributed by atoms with Gasteiger partial charge in [0.1, 0.15) is 12.2 Å². The molecule has 0 aromatic heterocycles. The molecule has 1 aromatic rings. The Labute approximate surface area is 113 Å². The van der Waals surface area contributed by atoms with E-state index in [1.54, 1.807) is 30.3 Å². The van der Waals surface area contributed by atoms with Crippen LogP contribution in [0, 0.1) is 0 Å². The highest BCUT2D eigenvalue weighted by molar-refractivity contribution is 9.10. The summed E-state index contributed by atoms with van der Waals surface area (Å²) in [5, 5.41) is 0. The molecule has 0 radical (unpaired) electrons. The molecule has 0 N–H and O–H groups in total. The van der Waals surface area contributed by atoms with Crippen LogP contribution in [0.25, 0.3) is 0 Å². The standard InChI is InChI=1S/C13H13BrO4/c1-9(15)8-12(17)18-13(14,10(2)16)11-6-4-3-5-7-11/h3-7H,8H2,1-2H3. The van der Waals surface area contributed by atoms with Gasteiger partial charge in [-0.15, -0.1) is 0 Å². The lowest BCUT2D eigenvalue weighted by Gasteiger charge is -2.25. The van der Waals surface area contributed by atoms with Crippen molar-refractivity contribution in [3.8, 4) is 0 Å². The van der Waals surface area contributed by atoms with Gasteiger partial charge >= 0.3 is 5.97 Å². The van der Waals surface area contributed by atoms with Gasteiger partial charge in [-0.25, -0.2) is 0 Å². The molecule has 4 nitrogen and oxygen atoms in total. The monoisotopic (exact) mass is 312 g/mol. The summed E-state index contributed by atoms with van der Waals surface area (Å²) in [5.74, 6) is -1.42. The number of halogens is 1. The van der Waals surface area contributed by atoms with E-state index in [1.807, 2.05) is 0 Å². The Morgan fingerprint density at radius 3 is 2.17 bits per heavy atom. The number of hydrogen-bond acceptors (Lipinski definition) is 4. The van der Waals surface area contributed by atoms with Crippen molar-refractivity contribution >= 4 is 33.5 Å². The first-order valence-electron chi connectivity index (χ1n) is 5.33. The summed E-state index contributed by atoms with van der Waals surface area (Å²) in [7, 11) is 0. The number of carbonyl (C=O) groups is 3. The molecule has 0 saturated heterocycles. The zero-order valence-electron chi connectivity index (χ0n) is 10.1. The van der Waals surface area contributed by atoms with E-state index in [4.69, 9.17) is 4.74 Å². The van der Waals surface area contributed by atoms with Crippen LogP contribution < -0.4 is 0 Å². The lowest BCUT2D eigenvalue weighted by Crippen LogP contribution is -2.33. The molecule has 0 aliphatic carbocycles. The van der Waals surface area contributed by atoms with E-state index < -0.39 is 10.5 Å². The van der Waals surface area contributed by atoms with E-state index in [0.717, 1.165) is 0 Å². The van der Waals surface area contributed by atoms with Crippen LogP contribution >= 0.6 is 15.9 Å². The fraction of sp³-hybridized carbons (Fsp3) is 0.308. The number of carbonyl (C=O) groups excluding carboxylic acids is 3. The molecule has 1 atom stereocenters. The Kier molecular flexibility index (Phi) is 4.78. The average Bonchev–Trinajstić information content (AvgIpc) is 2.28. The van der Waals surface area contributed by atoms with E-state index in [1.165, 1.54) is 13.8 Å². The van der Waals surface area contributed by atoms with Crippen LogP contribution in [-0.2, 0) is 23.6 Å². The maximum atomic E-state index is 11.7. The summed E-state index contributed by atoms with van der Waals surface area (Å²) in [6, 6.07) is 8.57. The van der Waals surface area contributed by atoms with Gasteiger partial charge in [-0.2, -0.15) is 0 Å². The molecule has 0 aliphatic heterocycles. The number of hydrogen-bond donors (Lipinski definition) is 0. The lowest BCUT2D eigenvalue weighted by molar-refractivity contribution is -0.158. The van der Waals surface area contributed by atoms with E-state index in [0.29, 0.717) is 5.56 Å². The van der Waals surface area contributed by atoms with E-state index in [-0.39, 0.29) is 18.0 Å². The molecule has 0 fully saturated rings. The summed E-state index contributed by atoms with van der Waals surface area (Å²) < 4.78 is 3.58. The van der Waals surface area contributed by atoms with Gasteiger partial charge in [-0.3, -0.25) is 14.4 Å². The van der Waals surface area contributed by atoms with Crippen LogP contribution in [-0.4, -0.2) is 17.5 Å². The maximum Gasteiger partial charge on any atom is 0.315 e. The minimum absolute atomic E-state index is 0.313. The first kappa shape index (κ1) is 14.6. The van der Waals surface area contributed by atoms with Crippen molar-refractivity contribution in [2.45, 2.75) is 24.8 Å². The third-order valence-electron chi connectivity index (χ3n) is 2.25. The topological polar surface area (TPSA) is 60.4 Å². The predicted octanol–water partition coefficient (Wildman–Crippen LogP) is 2.35. The summed E-state index contributed by atoms with van der Waals surface area (Å²) in [6.45, 7) is 2.59. The fourth-order valence-corrected chi connectivity index (χ4v) is 1.83. The lowest BCUT2D eigenvalue weighted by atomic mass is 10.1. The molecule has 0 spiro atoms. The predicted molar refractivity (Wildman–Crippen MR) is 69.1 cm³/mol. The number of rotatable bonds is 5. The second-order valence-electron chi connectivity index (χ2n) is 3.87. The second kappa shape index (κ2) is 5.91. The zero-order chi connectivity index (χ0) is 13.8. The molecule has 0 saturated carbocycles. The van der Waals surface area contributed by atoms with Gasteiger partial charge in [-0.1, -0.05) is 30.3 Å². The van der Waals surface area contributed by atoms with Gasteiger partial charge in [0.2, 0.25) is 4.51 Å². The van der Waals surface area contributed by atoms with Crippen LogP contribution in [0.2, 0.25) is 0 Å². The SMILES string of the molecule is CC(=O)CC(=O)OC(Br)(C(C)=O)c1ccccc1. The minimum atomic E-state index is -1.53. The number of alkyl halides is 1. The van der Waals surface area contributed by atoms with Crippen LogP contribution in [0.4, 0.5) is 0 Å². The molecular weight excluding hydrogens is 300 g/mol. The van der Waals surface area contributed by atoms with E-state index in [9.17, 15) is 14.4 Å². The molecule has 0 heterocycles.